The van der Waals surface area contributed by atoms with Crippen molar-refractivity contribution in [3.05, 3.63) is 93.7 Å². The molecular formula is C21H16ClFN4O2. The van der Waals surface area contributed by atoms with Gasteiger partial charge in [0.2, 0.25) is 0 Å². The van der Waals surface area contributed by atoms with Gasteiger partial charge in [0, 0.05) is 41.6 Å². The standard InChI is InChI=1S/C21H16ClFN4O2/c22-16-3-1-2-15(12-16)20(28)24-8-9-26-10-11-27-19(21(26)29)13-18(25-27)14-4-6-17(23)7-5-14/h1-7,10-13H,8-9H2,(H,24,28). The van der Waals surface area contributed by atoms with Gasteiger partial charge >= 0.3 is 0 Å². The van der Waals surface area contributed by atoms with Gasteiger partial charge in [0.15, 0.2) is 0 Å². The summed E-state index contributed by atoms with van der Waals surface area (Å²) in [5.41, 5.74) is 1.92. The highest BCUT2D eigenvalue weighted by Crippen LogP contribution is 2.18. The predicted octanol–water partition coefficient (Wildman–Crippen LogP) is 3.39. The molecule has 2 heterocycles. The Morgan fingerprint density at radius 2 is 1.90 bits per heavy atom. The molecule has 6 nitrogen and oxygen atoms in total. The highest BCUT2D eigenvalue weighted by atomic mass is 35.5. The normalized spacial score (nSPS) is 11.0. The van der Waals surface area contributed by atoms with Crippen LogP contribution < -0.4 is 10.9 Å². The van der Waals surface area contributed by atoms with E-state index in [0.717, 1.165) is 5.56 Å². The minimum Gasteiger partial charge on any atom is -0.350 e. The van der Waals surface area contributed by atoms with Gasteiger partial charge < -0.3 is 9.88 Å². The lowest BCUT2D eigenvalue weighted by Crippen LogP contribution is -2.31. The zero-order valence-corrected chi connectivity index (χ0v) is 15.9. The molecule has 0 aliphatic rings. The summed E-state index contributed by atoms with van der Waals surface area (Å²) in [6.07, 6.45) is 3.28. The van der Waals surface area contributed by atoms with E-state index in [4.69, 9.17) is 11.6 Å². The van der Waals surface area contributed by atoms with Crippen LogP contribution in [0.25, 0.3) is 16.8 Å². The van der Waals surface area contributed by atoms with E-state index >= 15 is 0 Å². The largest absolute Gasteiger partial charge is 0.350 e. The molecule has 1 amide bonds. The van der Waals surface area contributed by atoms with Crippen molar-refractivity contribution in [1.29, 1.82) is 0 Å². The number of hydrogen-bond acceptors (Lipinski definition) is 3. The van der Waals surface area contributed by atoms with Crippen molar-refractivity contribution in [1.82, 2.24) is 19.5 Å². The lowest BCUT2D eigenvalue weighted by molar-refractivity contribution is 0.0952. The highest BCUT2D eigenvalue weighted by Gasteiger charge is 2.10. The van der Waals surface area contributed by atoms with E-state index in [1.807, 2.05) is 0 Å². The highest BCUT2D eigenvalue weighted by molar-refractivity contribution is 6.30. The molecule has 8 heteroatoms. The maximum Gasteiger partial charge on any atom is 0.276 e. The minimum absolute atomic E-state index is 0.231. The Morgan fingerprint density at radius 1 is 1.10 bits per heavy atom. The van der Waals surface area contributed by atoms with Crippen LogP contribution >= 0.6 is 11.6 Å². The number of benzene rings is 2. The first-order valence-electron chi connectivity index (χ1n) is 8.90. The first kappa shape index (κ1) is 18.9. The first-order valence-corrected chi connectivity index (χ1v) is 9.27. The number of nitrogens with zero attached hydrogens (tertiary/aromatic N) is 3. The van der Waals surface area contributed by atoms with Crippen LogP contribution in [0.3, 0.4) is 0 Å². The fraction of sp³-hybridized carbons (Fsp3) is 0.0952. The summed E-state index contributed by atoms with van der Waals surface area (Å²) >= 11 is 5.90. The minimum atomic E-state index is -0.334. The van der Waals surface area contributed by atoms with Crippen LogP contribution in [0.15, 0.2) is 71.8 Å². The summed E-state index contributed by atoms with van der Waals surface area (Å²) in [6, 6.07) is 14.2. The van der Waals surface area contributed by atoms with E-state index < -0.39 is 0 Å². The summed E-state index contributed by atoms with van der Waals surface area (Å²) < 4.78 is 16.1. The van der Waals surface area contributed by atoms with Crippen molar-refractivity contribution in [2.24, 2.45) is 0 Å². The summed E-state index contributed by atoms with van der Waals surface area (Å²) in [5.74, 6) is -0.593. The lowest BCUT2D eigenvalue weighted by Gasteiger charge is -2.08. The molecule has 0 unspecified atom stereocenters. The molecule has 0 saturated heterocycles. The second kappa shape index (κ2) is 7.89. The van der Waals surface area contributed by atoms with E-state index in [1.165, 1.54) is 21.2 Å². The van der Waals surface area contributed by atoms with Crippen LogP contribution in [0.2, 0.25) is 5.02 Å². The molecule has 4 aromatic rings. The van der Waals surface area contributed by atoms with Crippen molar-refractivity contribution in [3.8, 4) is 11.3 Å². The zero-order valence-electron chi connectivity index (χ0n) is 15.2. The number of amides is 1. The SMILES string of the molecule is O=C(NCCn1ccn2nc(-c3ccc(F)cc3)cc2c1=O)c1cccc(Cl)c1. The summed E-state index contributed by atoms with van der Waals surface area (Å²) in [6.45, 7) is 0.582. The molecule has 2 aromatic heterocycles. The van der Waals surface area contributed by atoms with Gasteiger partial charge in [-0.1, -0.05) is 17.7 Å². The van der Waals surface area contributed by atoms with Crippen molar-refractivity contribution in [2.75, 3.05) is 6.54 Å². The van der Waals surface area contributed by atoms with Crippen LogP contribution in [0.1, 0.15) is 10.4 Å². The van der Waals surface area contributed by atoms with Gasteiger partial charge in [0.25, 0.3) is 11.5 Å². The van der Waals surface area contributed by atoms with Gasteiger partial charge in [0.05, 0.1) is 5.69 Å². The Labute approximate surface area is 170 Å². The van der Waals surface area contributed by atoms with Crippen LogP contribution in [-0.4, -0.2) is 26.6 Å². The number of carbonyl (C=O) groups excluding carboxylic acids is 1. The third-order valence-corrected chi connectivity index (χ3v) is 4.70. The zero-order chi connectivity index (χ0) is 20.4. The van der Waals surface area contributed by atoms with Crippen LogP contribution in [0.5, 0.6) is 0 Å². The number of aromatic nitrogens is 3. The Bertz CT molecular complexity index is 1250. The average Bonchev–Trinajstić information content (AvgIpc) is 3.15. The molecule has 0 radical (unpaired) electrons. The summed E-state index contributed by atoms with van der Waals surface area (Å²) in [4.78, 5) is 24.9. The number of rotatable bonds is 5. The third kappa shape index (κ3) is 4.05. The Balaban J connectivity index is 1.49. The summed E-state index contributed by atoms with van der Waals surface area (Å²) in [5, 5.41) is 7.62. The van der Waals surface area contributed by atoms with Gasteiger partial charge in [-0.3, -0.25) is 9.59 Å². The Morgan fingerprint density at radius 3 is 2.66 bits per heavy atom. The van der Waals surface area contributed by atoms with E-state index in [9.17, 15) is 14.0 Å². The van der Waals surface area contributed by atoms with Gasteiger partial charge in [-0.05, 0) is 48.5 Å². The molecular weight excluding hydrogens is 395 g/mol. The first-order chi connectivity index (χ1) is 14.0. The van der Waals surface area contributed by atoms with Crippen molar-refractivity contribution < 1.29 is 9.18 Å². The molecule has 29 heavy (non-hydrogen) atoms. The average molecular weight is 411 g/mol. The molecule has 0 bridgehead atoms. The van der Waals surface area contributed by atoms with E-state index in [1.54, 1.807) is 54.9 Å². The number of halogens is 2. The summed E-state index contributed by atoms with van der Waals surface area (Å²) in [7, 11) is 0. The smallest absolute Gasteiger partial charge is 0.276 e. The molecule has 0 atom stereocenters. The molecule has 0 aliphatic carbocycles. The van der Waals surface area contributed by atoms with Gasteiger partial charge in [-0.2, -0.15) is 5.10 Å². The third-order valence-electron chi connectivity index (χ3n) is 4.47. The number of fused-ring (bicyclic) bond motifs is 1. The quantitative estimate of drug-likeness (QED) is 0.548. The number of hydrogen-bond donors (Lipinski definition) is 1. The molecule has 0 fully saturated rings. The molecule has 2 aromatic carbocycles. The maximum atomic E-state index is 13.1. The van der Waals surface area contributed by atoms with Crippen molar-refractivity contribution >= 4 is 23.0 Å². The van der Waals surface area contributed by atoms with Gasteiger partial charge in [-0.15, -0.1) is 0 Å². The maximum absolute atomic E-state index is 13.1. The Hall–Kier alpha value is -3.45. The van der Waals surface area contributed by atoms with Gasteiger partial charge in [0.1, 0.15) is 11.3 Å². The molecule has 0 spiro atoms. The molecule has 0 saturated carbocycles. The fourth-order valence-corrected chi connectivity index (χ4v) is 3.18. The molecule has 4 rings (SSSR count). The van der Waals surface area contributed by atoms with Crippen LogP contribution in [0.4, 0.5) is 4.39 Å². The van der Waals surface area contributed by atoms with Crippen molar-refractivity contribution in [2.45, 2.75) is 6.54 Å². The predicted molar refractivity (Wildman–Crippen MR) is 109 cm³/mol. The van der Waals surface area contributed by atoms with Crippen LogP contribution in [0, 0.1) is 5.82 Å². The van der Waals surface area contributed by atoms with E-state index in [2.05, 4.69) is 10.4 Å². The molecule has 1 N–H and O–H groups in total. The van der Waals surface area contributed by atoms with Crippen molar-refractivity contribution in [3.63, 3.8) is 0 Å². The number of carbonyl (C=O) groups is 1. The van der Waals surface area contributed by atoms with E-state index in [0.29, 0.717) is 28.3 Å². The Kier molecular flexibility index (Phi) is 5.14. The molecule has 146 valence electrons. The fourth-order valence-electron chi connectivity index (χ4n) is 2.99. The van der Waals surface area contributed by atoms with Gasteiger partial charge in [-0.25, -0.2) is 8.91 Å². The topological polar surface area (TPSA) is 68.4 Å². The second-order valence-corrected chi connectivity index (χ2v) is 6.87. The lowest BCUT2D eigenvalue weighted by atomic mass is 10.1. The second-order valence-electron chi connectivity index (χ2n) is 6.43. The van der Waals surface area contributed by atoms with Crippen LogP contribution in [-0.2, 0) is 6.54 Å². The van der Waals surface area contributed by atoms with E-state index in [-0.39, 0.29) is 23.8 Å². The molecule has 0 aliphatic heterocycles. The monoisotopic (exact) mass is 410 g/mol. The number of nitrogens with one attached hydrogen (secondary N) is 1.